The first-order valence-corrected chi connectivity index (χ1v) is 12.0. The van der Waals surface area contributed by atoms with Gasteiger partial charge in [-0.15, -0.1) is 11.8 Å². The van der Waals surface area contributed by atoms with Crippen LogP contribution in [0.4, 0.5) is 5.69 Å². The predicted octanol–water partition coefficient (Wildman–Crippen LogP) is 3.67. The highest BCUT2D eigenvalue weighted by molar-refractivity contribution is 7.98. The fourth-order valence-corrected chi connectivity index (χ4v) is 5.41. The number of carbonyl (C=O) groups is 1. The molecule has 3 rings (SSSR count). The molecule has 0 unspecified atom stereocenters. The minimum atomic E-state index is -3.67. The van der Waals surface area contributed by atoms with Crippen molar-refractivity contribution in [3.63, 3.8) is 0 Å². The van der Waals surface area contributed by atoms with Gasteiger partial charge in [0.25, 0.3) is 0 Å². The van der Waals surface area contributed by atoms with E-state index in [1.165, 1.54) is 4.31 Å². The molecule has 8 heteroatoms. The van der Waals surface area contributed by atoms with Crippen LogP contribution in [0.5, 0.6) is 5.75 Å². The molecule has 29 heavy (non-hydrogen) atoms. The van der Waals surface area contributed by atoms with Crippen LogP contribution in [0.3, 0.4) is 0 Å². The largest absolute Gasteiger partial charge is 0.496 e. The summed E-state index contributed by atoms with van der Waals surface area (Å²) < 4.78 is 33.0. The molecule has 1 saturated heterocycles. The number of hydrogen-bond acceptors (Lipinski definition) is 5. The second-order valence-electron chi connectivity index (χ2n) is 7.05. The highest BCUT2D eigenvalue weighted by Crippen LogP contribution is 2.30. The molecule has 0 aromatic heterocycles. The lowest BCUT2D eigenvalue weighted by molar-refractivity contribution is -0.117. The average molecular weight is 435 g/mol. The summed E-state index contributed by atoms with van der Waals surface area (Å²) in [5.41, 5.74) is 2.23. The predicted molar refractivity (Wildman–Crippen MR) is 116 cm³/mol. The Labute approximate surface area is 176 Å². The summed E-state index contributed by atoms with van der Waals surface area (Å²) in [6.07, 6.45) is 3.34. The Morgan fingerprint density at radius 3 is 2.55 bits per heavy atom. The maximum atomic E-state index is 13.1. The first-order chi connectivity index (χ1) is 13.8. The van der Waals surface area contributed by atoms with Crippen LogP contribution in [0, 0.1) is 6.92 Å². The summed E-state index contributed by atoms with van der Waals surface area (Å²) in [6.45, 7) is 2.68. The molecule has 1 aliphatic rings. The summed E-state index contributed by atoms with van der Waals surface area (Å²) in [5.74, 6) is 0.816. The number of ether oxygens (including phenoxy) is 1. The number of carbonyl (C=O) groups excluding carboxylic acids is 1. The third-order valence-corrected chi connectivity index (χ3v) is 7.83. The maximum Gasteiger partial charge on any atom is 0.243 e. The van der Waals surface area contributed by atoms with E-state index in [4.69, 9.17) is 4.74 Å². The lowest BCUT2D eigenvalue weighted by Gasteiger charge is -2.21. The molecular weight excluding hydrogens is 408 g/mol. The molecule has 1 aliphatic heterocycles. The van der Waals surface area contributed by atoms with Gasteiger partial charge in [0.1, 0.15) is 5.75 Å². The van der Waals surface area contributed by atoms with Crippen molar-refractivity contribution in [1.29, 1.82) is 0 Å². The molecule has 0 atom stereocenters. The van der Waals surface area contributed by atoms with E-state index in [1.807, 2.05) is 24.5 Å². The third kappa shape index (κ3) is 4.44. The molecule has 0 saturated carbocycles. The number of benzene rings is 2. The number of hydrogen-bond donors (Lipinski definition) is 0. The standard InChI is InChI=1S/C21H26N2O4S2/c1-15-12-17(23-11-5-6-21(23)24)8-10-20(15)29(25,26)22(2)14-16-7-9-19(28-4)18(13-16)27-3/h7-10,12-13H,5-6,11,14H2,1-4H3. The molecule has 1 heterocycles. The van der Waals surface area contributed by atoms with Crippen LogP contribution in [0.25, 0.3) is 0 Å². The molecule has 1 fully saturated rings. The van der Waals surface area contributed by atoms with E-state index < -0.39 is 10.0 Å². The minimum Gasteiger partial charge on any atom is -0.496 e. The topological polar surface area (TPSA) is 66.9 Å². The van der Waals surface area contributed by atoms with Crippen LogP contribution in [0.2, 0.25) is 0 Å². The lowest BCUT2D eigenvalue weighted by Crippen LogP contribution is -2.28. The van der Waals surface area contributed by atoms with Crippen LogP contribution >= 0.6 is 11.8 Å². The normalized spacial score (nSPS) is 14.7. The van der Waals surface area contributed by atoms with Crippen LogP contribution in [-0.2, 0) is 21.4 Å². The number of thioether (sulfide) groups is 1. The molecule has 0 aliphatic carbocycles. The first-order valence-electron chi connectivity index (χ1n) is 9.36. The van der Waals surface area contributed by atoms with Crippen LogP contribution in [0.1, 0.15) is 24.0 Å². The van der Waals surface area contributed by atoms with Gasteiger partial charge in [-0.2, -0.15) is 4.31 Å². The van der Waals surface area contributed by atoms with E-state index in [0.717, 1.165) is 28.3 Å². The summed E-state index contributed by atoms with van der Waals surface area (Å²) in [4.78, 5) is 14.9. The Bertz CT molecular complexity index is 1020. The highest BCUT2D eigenvalue weighted by atomic mass is 32.2. The van der Waals surface area contributed by atoms with E-state index in [2.05, 4.69) is 0 Å². The van der Waals surface area contributed by atoms with E-state index in [1.54, 1.807) is 55.9 Å². The van der Waals surface area contributed by atoms with Gasteiger partial charge in [-0.1, -0.05) is 6.07 Å². The molecule has 0 spiro atoms. The second-order valence-corrected chi connectivity index (χ2v) is 9.91. The molecule has 0 N–H and O–H groups in total. The van der Waals surface area contributed by atoms with Gasteiger partial charge in [-0.05, 0) is 61.1 Å². The van der Waals surface area contributed by atoms with Gasteiger partial charge in [0.2, 0.25) is 15.9 Å². The zero-order chi connectivity index (χ0) is 21.2. The Kier molecular flexibility index (Phi) is 6.55. The number of nitrogens with zero attached hydrogens (tertiary/aromatic N) is 2. The Morgan fingerprint density at radius 2 is 1.97 bits per heavy atom. The van der Waals surface area contributed by atoms with Crippen molar-refractivity contribution in [2.24, 2.45) is 0 Å². The molecule has 2 aromatic rings. The highest BCUT2D eigenvalue weighted by Gasteiger charge is 2.26. The zero-order valence-electron chi connectivity index (χ0n) is 17.1. The van der Waals surface area contributed by atoms with Crippen molar-refractivity contribution in [1.82, 2.24) is 4.31 Å². The van der Waals surface area contributed by atoms with Gasteiger partial charge in [0, 0.05) is 37.1 Å². The van der Waals surface area contributed by atoms with Crippen molar-refractivity contribution in [2.45, 2.75) is 36.1 Å². The van der Waals surface area contributed by atoms with Crippen LogP contribution < -0.4 is 9.64 Å². The van der Waals surface area contributed by atoms with Gasteiger partial charge in [0.15, 0.2) is 0 Å². The number of aryl methyl sites for hydroxylation is 1. The van der Waals surface area contributed by atoms with Gasteiger partial charge in [0.05, 0.1) is 12.0 Å². The van der Waals surface area contributed by atoms with E-state index >= 15 is 0 Å². The Balaban J connectivity index is 1.83. The molecule has 1 amide bonds. The van der Waals surface area contributed by atoms with Gasteiger partial charge in [-0.3, -0.25) is 4.79 Å². The summed E-state index contributed by atoms with van der Waals surface area (Å²) in [6, 6.07) is 10.8. The summed E-state index contributed by atoms with van der Waals surface area (Å²) in [5, 5.41) is 0. The second kappa shape index (κ2) is 8.77. The summed E-state index contributed by atoms with van der Waals surface area (Å²) >= 11 is 1.58. The molecule has 6 nitrogen and oxygen atoms in total. The molecule has 156 valence electrons. The van der Waals surface area contributed by atoms with E-state index in [0.29, 0.717) is 18.5 Å². The van der Waals surface area contributed by atoms with Gasteiger partial charge in [-0.25, -0.2) is 8.42 Å². The molecule has 0 radical (unpaired) electrons. The molecular formula is C21H26N2O4S2. The van der Waals surface area contributed by atoms with Crippen molar-refractivity contribution in [2.75, 3.05) is 31.9 Å². The molecule has 0 bridgehead atoms. The van der Waals surface area contributed by atoms with Crippen LogP contribution in [-0.4, -0.2) is 45.6 Å². The monoisotopic (exact) mass is 434 g/mol. The number of sulfonamides is 1. The van der Waals surface area contributed by atoms with Crippen LogP contribution in [0.15, 0.2) is 46.2 Å². The van der Waals surface area contributed by atoms with Gasteiger partial charge < -0.3 is 9.64 Å². The van der Waals surface area contributed by atoms with Gasteiger partial charge >= 0.3 is 0 Å². The fourth-order valence-electron chi connectivity index (χ4n) is 3.50. The number of rotatable bonds is 7. The third-order valence-electron chi connectivity index (χ3n) is 5.09. The Hall–Kier alpha value is -2.03. The van der Waals surface area contributed by atoms with Crippen molar-refractivity contribution < 1.29 is 17.9 Å². The quantitative estimate of drug-likeness (QED) is 0.622. The smallest absolute Gasteiger partial charge is 0.243 e. The minimum absolute atomic E-state index is 0.0831. The van der Waals surface area contributed by atoms with Crippen molar-refractivity contribution in [3.8, 4) is 5.75 Å². The average Bonchev–Trinajstić information content (AvgIpc) is 3.13. The van der Waals surface area contributed by atoms with Crippen molar-refractivity contribution >= 4 is 33.4 Å². The number of amides is 1. The SMILES string of the molecule is COc1cc(CN(C)S(=O)(=O)c2ccc(N3CCCC3=O)cc2C)ccc1SC. The first kappa shape index (κ1) is 21.7. The number of anilines is 1. The summed E-state index contributed by atoms with van der Waals surface area (Å²) in [7, 11) is -0.496. The fraction of sp³-hybridized carbons (Fsp3) is 0.381. The Morgan fingerprint density at radius 1 is 1.21 bits per heavy atom. The zero-order valence-corrected chi connectivity index (χ0v) is 18.8. The van der Waals surface area contributed by atoms with E-state index in [9.17, 15) is 13.2 Å². The maximum absolute atomic E-state index is 13.1. The lowest BCUT2D eigenvalue weighted by atomic mass is 10.2. The van der Waals surface area contributed by atoms with Crippen molar-refractivity contribution in [3.05, 3.63) is 47.5 Å². The number of methoxy groups -OCH3 is 1. The molecule has 2 aromatic carbocycles. The van der Waals surface area contributed by atoms with E-state index in [-0.39, 0.29) is 17.3 Å².